The van der Waals surface area contributed by atoms with Crippen LogP contribution in [0, 0.1) is 23.2 Å². The molecule has 180 valence electrons. The molecule has 5 rings (SSSR count). The molecule has 0 aromatic heterocycles. The molecule has 1 saturated carbocycles. The van der Waals surface area contributed by atoms with E-state index in [0.29, 0.717) is 31.2 Å². The summed E-state index contributed by atoms with van der Waals surface area (Å²) in [5.41, 5.74) is 1.67. The number of hydrogen-bond acceptors (Lipinski definition) is 4. The minimum Gasteiger partial charge on any atom is -0.461 e. The van der Waals surface area contributed by atoms with Crippen molar-refractivity contribution in [2.75, 3.05) is 37.6 Å². The van der Waals surface area contributed by atoms with Crippen LogP contribution in [0.25, 0.3) is 0 Å². The quantitative estimate of drug-likeness (QED) is 0.460. The van der Waals surface area contributed by atoms with E-state index in [1.807, 2.05) is 4.90 Å². The molecule has 0 amide bonds. The van der Waals surface area contributed by atoms with Gasteiger partial charge in [-0.2, -0.15) is 13.2 Å². The average Bonchev–Trinajstić information content (AvgIpc) is 3.06. The first-order valence-corrected chi connectivity index (χ1v) is 12.2. The summed E-state index contributed by atoms with van der Waals surface area (Å²) in [6, 6.07) is 5.54. The molecule has 1 aromatic carbocycles. The number of anilines is 1. The van der Waals surface area contributed by atoms with Gasteiger partial charge in [0.05, 0.1) is 11.5 Å². The van der Waals surface area contributed by atoms with E-state index in [0.717, 1.165) is 25.6 Å². The number of carbonyl (C=O) groups excluding carboxylic acids is 1. The minimum atomic E-state index is -4.34. The summed E-state index contributed by atoms with van der Waals surface area (Å²) in [4.78, 5) is 17.1. The molecule has 4 nitrogen and oxygen atoms in total. The van der Waals surface area contributed by atoms with Gasteiger partial charge in [-0.3, -0.25) is 9.69 Å². The standard InChI is InChI=1S/C26H33F3N2O2/c1-17-5-4-8-25(2)15-23-20(14-22(17)25)21(24(32)33-23)16-30-9-11-31(12-10-30)19-7-3-6-18(13-19)26(27,28)29/h3,6-7,13-14,17,20-21,23H,4-5,8-12,15-16H2,1-2H3/t17-,20+,21-,23+,25-/m1/s1. The average molecular weight is 463 g/mol. The minimum absolute atomic E-state index is 0.0204. The first-order chi connectivity index (χ1) is 15.6. The molecule has 2 aliphatic carbocycles. The number of alkyl halides is 3. The largest absolute Gasteiger partial charge is 0.461 e. The van der Waals surface area contributed by atoms with E-state index >= 15 is 0 Å². The van der Waals surface area contributed by atoms with E-state index in [4.69, 9.17) is 4.74 Å². The van der Waals surface area contributed by atoms with Crippen LogP contribution in [-0.2, 0) is 15.7 Å². The maximum absolute atomic E-state index is 13.1. The lowest BCUT2D eigenvalue weighted by Gasteiger charge is -2.46. The fourth-order valence-corrected chi connectivity index (χ4v) is 6.60. The summed E-state index contributed by atoms with van der Waals surface area (Å²) in [5.74, 6) is 0.470. The molecule has 7 heteroatoms. The zero-order valence-corrected chi connectivity index (χ0v) is 19.4. The lowest BCUT2D eigenvalue weighted by Crippen LogP contribution is -2.49. The maximum Gasteiger partial charge on any atom is 0.416 e. The van der Waals surface area contributed by atoms with Crippen LogP contribution in [0.4, 0.5) is 18.9 Å². The third-order valence-electron chi connectivity index (χ3n) is 8.45. The number of halogens is 3. The van der Waals surface area contributed by atoms with E-state index in [-0.39, 0.29) is 29.3 Å². The van der Waals surface area contributed by atoms with Gasteiger partial charge >= 0.3 is 12.1 Å². The number of carbonyl (C=O) groups is 1. The number of ether oxygens (including phenoxy) is 1. The molecule has 3 fully saturated rings. The van der Waals surface area contributed by atoms with Gasteiger partial charge in [0.2, 0.25) is 0 Å². The van der Waals surface area contributed by atoms with Gasteiger partial charge in [-0.1, -0.05) is 38.0 Å². The second-order valence-corrected chi connectivity index (χ2v) is 10.7. The van der Waals surface area contributed by atoms with Crippen LogP contribution in [0.15, 0.2) is 35.9 Å². The van der Waals surface area contributed by atoms with Gasteiger partial charge in [0.1, 0.15) is 6.10 Å². The van der Waals surface area contributed by atoms with Crippen LogP contribution >= 0.6 is 0 Å². The zero-order chi connectivity index (χ0) is 23.4. The van der Waals surface area contributed by atoms with Crippen molar-refractivity contribution in [1.29, 1.82) is 0 Å². The summed E-state index contributed by atoms with van der Waals surface area (Å²) in [6.45, 7) is 8.04. The summed E-state index contributed by atoms with van der Waals surface area (Å²) in [5, 5.41) is 0. The summed E-state index contributed by atoms with van der Waals surface area (Å²) >= 11 is 0. The summed E-state index contributed by atoms with van der Waals surface area (Å²) in [6.07, 6.45) is 2.58. The lowest BCUT2D eigenvalue weighted by molar-refractivity contribution is -0.145. The number of piperazine rings is 1. The highest BCUT2D eigenvalue weighted by molar-refractivity contribution is 5.76. The SMILES string of the molecule is C[C@@H]1CCC[C@]2(C)C[C@@H]3OC(=O)[C@H](CN4CCN(c5cccc(C(F)(F)F)c5)CC4)[C@@H]3C=C12. The number of fused-ring (bicyclic) bond motifs is 2. The van der Waals surface area contributed by atoms with Crippen LogP contribution in [0.5, 0.6) is 0 Å². The van der Waals surface area contributed by atoms with Crippen molar-refractivity contribution >= 4 is 11.7 Å². The number of rotatable bonds is 3. The molecular weight excluding hydrogens is 429 g/mol. The Hall–Kier alpha value is -2.02. The van der Waals surface area contributed by atoms with Gasteiger partial charge < -0.3 is 9.64 Å². The van der Waals surface area contributed by atoms with Gasteiger partial charge in [-0.25, -0.2) is 0 Å². The Bertz CT molecular complexity index is 938. The van der Waals surface area contributed by atoms with Crippen molar-refractivity contribution in [3.63, 3.8) is 0 Å². The van der Waals surface area contributed by atoms with E-state index in [2.05, 4.69) is 24.8 Å². The second-order valence-electron chi connectivity index (χ2n) is 10.7. The van der Waals surface area contributed by atoms with Crippen molar-refractivity contribution in [3.8, 4) is 0 Å². The van der Waals surface area contributed by atoms with E-state index in [1.165, 1.54) is 37.0 Å². The third kappa shape index (κ3) is 4.29. The summed E-state index contributed by atoms with van der Waals surface area (Å²) < 4.78 is 45.1. The highest BCUT2D eigenvalue weighted by Gasteiger charge is 2.52. The predicted molar refractivity (Wildman–Crippen MR) is 121 cm³/mol. The summed E-state index contributed by atoms with van der Waals surface area (Å²) in [7, 11) is 0. The first-order valence-electron chi connectivity index (χ1n) is 12.2. The molecule has 2 heterocycles. The lowest BCUT2D eigenvalue weighted by atomic mass is 9.59. The first kappa shape index (κ1) is 22.8. The molecule has 5 atom stereocenters. The molecule has 33 heavy (non-hydrogen) atoms. The number of esters is 1. The predicted octanol–water partition coefficient (Wildman–Crippen LogP) is 5.14. The Morgan fingerprint density at radius 3 is 2.67 bits per heavy atom. The molecule has 2 aliphatic heterocycles. The zero-order valence-electron chi connectivity index (χ0n) is 19.4. The smallest absolute Gasteiger partial charge is 0.416 e. The van der Waals surface area contributed by atoms with Crippen LogP contribution in [0.3, 0.4) is 0 Å². The Kier molecular flexibility index (Phi) is 5.74. The van der Waals surface area contributed by atoms with Crippen LogP contribution < -0.4 is 4.90 Å². The van der Waals surface area contributed by atoms with Gasteiger partial charge in [0.25, 0.3) is 0 Å². The van der Waals surface area contributed by atoms with Gasteiger partial charge in [-0.15, -0.1) is 0 Å². The number of nitrogens with zero attached hydrogens (tertiary/aromatic N) is 2. The Morgan fingerprint density at radius 2 is 1.94 bits per heavy atom. The molecule has 0 N–H and O–H groups in total. The molecule has 0 bridgehead atoms. The van der Waals surface area contributed by atoms with E-state index in [9.17, 15) is 18.0 Å². The normalized spacial score (nSPS) is 35.0. The van der Waals surface area contributed by atoms with Crippen molar-refractivity contribution < 1.29 is 22.7 Å². The molecule has 0 radical (unpaired) electrons. The molecule has 1 aromatic rings. The van der Waals surface area contributed by atoms with Gasteiger partial charge in [-0.05, 0) is 48.8 Å². The monoisotopic (exact) mass is 462 g/mol. The maximum atomic E-state index is 13.1. The third-order valence-corrected chi connectivity index (χ3v) is 8.45. The second kappa shape index (κ2) is 8.33. The number of benzene rings is 1. The molecule has 0 unspecified atom stereocenters. The van der Waals surface area contributed by atoms with E-state index in [1.54, 1.807) is 6.07 Å². The van der Waals surface area contributed by atoms with Gasteiger partial charge in [0, 0.05) is 44.3 Å². The number of hydrogen-bond donors (Lipinski definition) is 0. The number of allylic oxidation sites excluding steroid dienone is 1. The van der Waals surface area contributed by atoms with Crippen molar-refractivity contribution in [2.24, 2.45) is 23.2 Å². The van der Waals surface area contributed by atoms with E-state index < -0.39 is 11.7 Å². The highest BCUT2D eigenvalue weighted by Crippen LogP contribution is 2.54. The van der Waals surface area contributed by atoms with Crippen molar-refractivity contribution in [2.45, 2.75) is 51.8 Å². The Balaban J connectivity index is 1.24. The molecule has 2 saturated heterocycles. The van der Waals surface area contributed by atoms with Crippen LogP contribution in [0.1, 0.15) is 45.1 Å². The Labute approximate surface area is 193 Å². The highest BCUT2D eigenvalue weighted by atomic mass is 19.4. The van der Waals surface area contributed by atoms with Gasteiger partial charge in [0.15, 0.2) is 0 Å². The van der Waals surface area contributed by atoms with Crippen molar-refractivity contribution in [1.82, 2.24) is 4.90 Å². The van der Waals surface area contributed by atoms with Crippen LogP contribution in [0.2, 0.25) is 0 Å². The van der Waals surface area contributed by atoms with Crippen molar-refractivity contribution in [3.05, 3.63) is 41.5 Å². The molecule has 4 aliphatic rings. The molecular formula is C26H33F3N2O2. The fraction of sp³-hybridized carbons (Fsp3) is 0.654. The topological polar surface area (TPSA) is 32.8 Å². The fourth-order valence-electron chi connectivity index (χ4n) is 6.60. The van der Waals surface area contributed by atoms with Crippen LogP contribution in [-0.4, -0.2) is 49.7 Å². The Morgan fingerprint density at radius 1 is 1.18 bits per heavy atom. The molecule has 0 spiro atoms.